The zero-order valence-electron chi connectivity index (χ0n) is 12.2. The molecule has 0 unspecified atom stereocenters. The van der Waals surface area contributed by atoms with E-state index in [9.17, 15) is 14.7 Å². The Labute approximate surface area is 137 Å². The zero-order valence-corrected chi connectivity index (χ0v) is 13.8. The van der Waals surface area contributed by atoms with Crippen molar-refractivity contribution in [3.8, 4) is 5.75 Å². The van der Waals surface area contributed by atoms with Crippen molar-refractivity contribution >= 4 is 35.3 Å². The van der Waals surface area contributed by atoms with Crippen LogP contribution in [0.4, 0.5) is 0 Å². The molecule has 8 heteroatoms. The number of esters is 1. The predicted octanol–water partition coefficient (Wildman–Crippen LogP) is 2.94. The van der Waals surface area contributed by atoms with E-state index in [1.165, 1.54) is 38.1 Å². The minimum absolute atomic E-state index is 0.0188. The molecule has 0 saturated heterocycles. The van der Waals surface area contributed by atoms with Gasteiger partial charge in [-0.05, 0) is 24.0 Å². The van der Waals surface area contributed by atoms with Crippen molar-refractivity contribution in [3.63, 3.8) is 0 Å². The lowest BCUT2D eigenvalue weighted by Crippen LogP contribution is -2.14. The van der Waals surface area contributed by atoms with Crippen LogP contribution in [0.2, 0.25) is 5.02 Å². The Kier molecular flexibility index (Phi) is 7.07. The monoisotopic (exact) mass is 346 g/mol. The second-order valence-electron chi connectivity index (χ2n) is 3.95. The average Bonchev–Trinajstić information content (AvgIpc) is 2.49. The van der Waals surface area contributed by atoms with Gasteiger partial charge in [0.05, 0.1) is 14.2 Å². The lowest BCUT2D eigenvalue weighted by atomic mass is 10.1. The number of thioether (sulfide) groups is 1. The van der Waals surface area contributed by atoms with E-state index >= 15 is 0 Å². The van der Waals surface area contributed by atoms with Crippen molar-refractivity contribution in [2.45, 2.75) is 5.75 Å². The van der Waals surface area contributed by atoms with E-state index in [1.807, 2.05) is 6.26 Å². The van der Waals surface area contributed by atoms with Crippen LogP contribution in [-0.4, -0.2) is 37.5 Å². The minimum Gasteiger partial charge on any atom is -0.500 e. The molecule has 0 bridgehead atoms. The van der Waals surface area contributed by atoms with E-state index in [0.29, 0.717) is 16.3 Å². The maximum absolute atomic E-state index is 11.6. The molecule has 1 aromatic carbocycles. The first-order valence-electron chi connectivity index (χ1n) is 5.99. The van der Waals surface area contributed by atoms with Crippen molar-refractivity contribution in [2.75, 3.05) is 20.5 Å². The van der Waals surface area contributed by atoms with Gasteiger partial charge in [0, 0.05) is 10.8 Å². The van der Waals surface area contributed by atoms with Crippen LogP contribution in [0.15, 0.2) is 24.2 Å². The fourth-order valence-electron chi connectivity index (χ4n) is 1.65. The molecule has 0 radical (unpaired) electrons. The molecule has 1 N–H and O–H groups in total. The fraction of sp³-hybridized carbons (Fsp3) is 0.286. The van der Waals surface area contributed by atoms with Crippen molar-refractivity contribution < 1.29 is 28.9 Å². The number of carbonyl (C=O) groups excluding carboxylic acids is 1. The van der Waals surface area contributed by atoms with Gasteiger partial charge in [0.2, 0.25) is 5.76 Å². The topological polar surface area (TPSA) is 82.1 Å². The summed E-state index contributed by atoms with van der Waals surface area (Å²) in [5.41, 5.74) is 0.313. The van der Waals surface area contributed by atoms with Crippen molar-refractivity contribution in [3.05, 3.63) is 40.3 Å². The highest BCUT2D eigenvalue weighted by atomic mass is 35.5. The highest BCUT2D eigenvalue weighted by Crippen LogP contribution is 2.32. The molecular formula is C14H15ClO6S. The van der Waals surface area contributed by atoms with E-state index in [4.69, 9.17) is 21.1 Å². The number of carboxylic acid groups (broad SMARTS) is 1. The summed E-state index contributed by atoms with van der Waals surface area (Å²) in [6, 6.07) is 2.89. The molecule has 0 spiro atoms. The number of ether oxygens (including phenoxy) is 3. The number of benzene rings is 1. The largest absolute Gasteiger partial charge is 0.500 e. The van der Waals surface area contributed by atoms with Gasteiger partial charge >= 0.3 is 11.9 Å². The van der Waals surface area contributed by atoms with Crippen molar-refractivity contribution in [2.24, 2.45) is 0 Å². The minimum atomic E-state index is -1.21. The van der Waals surface area contributed by atoms with E-state index < -0.39 is 11.9 Å². The number of hydrogen-bond donors (Lipinski definition) is 1. The third-order valence-electron chi connectivity index (χ3n) is 2.55. The first-order chi connectivity index (χ1) is 10.5. The summed E-state index contributed by atoms with van der Waals surface area (Å²) in [6.07, 6.45) is 2.85. The van der Waals surface area contributed by atoms with E-state index in [-0.39, 0.29) is 17.1 Å². The number of carboxylic acids is 1. The molecule has 0 saturated carbocycles. The average molecular weight is 347 g/mol. The van der Waals surface area contributed by atoms with Gasteiger partial charge in [0.15, 0.2) is 0 Å². The molecular weight excluding hydrogens is 332 g/mol. The molecule has 1 aromatic rings. The van der Waals surface area contributed by atoms with Crippen molar-refractivity contribution in [1.29, 1.82) is 0 Å². The molecule has 120 valence electrons. The van der Waals surface area contributed by atoms with Gasteiger partial charge in [0.25, 0.3) is 0 Å². The number of rotatable bonds is 7. The number of halogens is 1. The maximum atomic E-state index is 11.6. The van der Waals surface area contributed by atoms with E-state index in [1.54, 1.807) is 0 Å². The Balaban J connectivity index is 3.35. The zero-order chi connectivity index (χ0) is 16.7. The Bertz CT molecular complexity index is 599. The highest BCUT2D eigenvalue weighted by molar-refractivity contribution is 7.97. The molecule has 0 aliphatic rings. The lowest BCUT2D eigenvalue weighted by molar-refractivity contribution is -0.138. The summed E-state index contributed by atoms with van der Waals surface area (Å²) in [5.74, 6) is -1.90. The first-order valence-corrected chi connectivity index (χ1v) is 7.76. The van der Waals surface area contributed by atoms with Gasteiger partial charge in [-0.15, -0.1) is 0 Å². The third kappa shape index (κ3) is 4.32. The van der Waals surface area contributed by atoms with Gasteiger partial charge in [-0.25, -0.2) is 9.59 Å². The van der Waals surface area contributed by atoms with Gasteiger partial charge in [0.1, 0.15) is 17.6 Å². The molecule has 1 rings (SSSR count). The molecule has 6 nitrogen and oxygen atoms in total. The number of hydrogen-bond acceptors (Lipinski definition) is 6. The number of carbonyl (C=O) groups is 2. The molecule has 0 aromatic heterocycles. The number of aromatic carboxylic acids is 1. The third-order valence-corrected chi connectivity index (χ3v) is 3.48. The molecule has 0 atom stereocenters. The SMILES string of the molecule is COC=C(Oc1ccc(Cl)c(CSC)c1C(=O)O)C(=O)OC. The fourth-order valence-corrected chi connectivity index (χ4v) is 2.54. The Hall–Kier alpha value is -1.86. The van der Waals surface area contributed by atoms with Crippen LogP contribution in [-0.2, 0) is 20.0 Å². The van der Waals surface area contributed by atoms with Gasteiger partial charge in [-0.1, -0.05) is 11.6 Å². The molecule has 22 heavy (non-hydrogen) atoms. The molecule has 0 fully saturated rings. The first kappa shape index (κ1) is 18.2. The Morgan fingerprint density at radius 1 is 1.36 bits per heavy atom. The Morgan fingerprint density at radius 2 is 2.05 bits per heavy atom. The summed E-state index contributed by atoms with van der Waals surface area (Å²) in [4.78, 5) is 23.1. The summed E-state index contributed by atoms with van der Waals surface area (Å²) >= 11 is 7.46. The van der Waals surface area contributed by atoms with Crippen LogP contribution in [0.5, 0.6) is 5.75 Å². The summed E-state index contributed by atoms with van der Waals surface area (Å²) in [5, 5.41) is 9.74. The van der Waals surface area contributed by atoms with E-state index in [2.05, 4.69) is 4.74 Å². The summed E-state index contributed by atoms with van der Waals surface area (Å²) < 4.78 is 14.6. The van der Waals surface area contributed by atoms with Crippen LogP contribution in [0.3, 0.4) is 0 Å². The van der Waals surface area contributed by atoms with Crippen molar-refractivity contribution in [1.82, 2.24) is 0 Å². The summed E-state index contributed by atoms with van der Waals surface area (Å²) in [7, 11) is 2.50. The second-order valence-corrected chi connectivity index (χ2v) is 5.22. The van der Waals surface area contributed by atoms with Crippen LogP contribution < -0.4 is 4.74 Å². The molecule has 0 amide bonds. The highest BCUT2D eigenvalue weighted by Gasteiger charge is 2.23. The van der Waals surface area contributed by atoms with Crippen LogP contribution >= 0.6 is 23.4 Å². The normalized spacial score (nSPS) is 11.0. The summed E-state index contributed by atoms with van der Waals surface area (Å²) in [6.45, 7) is 0. The second kappa shape index (κ2) is 8.55. The predicted molar refractivity (Wildman–Crippen MR) is 83.4 cm³/mol. The van der Waals surface area contributed by atoms with Gasteiger partial charge in [-0.3, -0.25) is 0 Å². The quantitative estimate of drug-likeness (QED) is 0.461. The Morgan fingerprint density at radius 3 is 2.55 bits per heavy atom. The molecule has 0 aliphatic carbocycles. The van der Waals surface area contributed by atoms with E-state index in [0.717, 1.165) is 6.26 Å². The van der Waals surface area contributed by atoms with Crippen LogP contribution in [0.25, 0.3) is 0 Å². The standard InChI is InChI=1S/C14H15ClO6S/c1-19-6-11(14(18)20-2)21-10-5-4-9(15)8(7-22-3)12(10)13(16)17/h4-6H,7H2,1-3H3,(H,16,17). The van der Waals surface area contributed by atoms with Gasteiger partial charge < -0.3 is 19.3 Å². The van der Waals surface area contributed by atoms with Crippen LogP contribution in [0.1, 0.15) is 15.9 Å². The lowest BCUT2D eigenvalue weighted by Gasteiger charge is -2.14. The van der Waals surface area contributed by atoms with Gasteiger partial charge in [-0.2, -0.15) is 11.8 Å². The maximum Gasteiger partial charge on any atom is 0.377 e. The number of methoxy groups -OCH3 is 2. The van der Waals surface area contributed by atoms with Crippen LogP contribution in [0, 0.1) is 0 Å². The molecule has 0 aliphatic heterocycles. The smallest absolute Gasteiger partial charge is 0.377 e. The molecule has 0 heterocycles.